The number of nitrogens with one attached hydrogen (secondary N) is 1. The van der Waals surface area contributed by atoms with E-state index in [-0.39, 0.29) is 5.91 Å². The van der Waals surface area contributed by atoms with Gasteiger partial charge < -0.3 is 10.1 Å². The fourth-order valence-electron chi connectivity index (χ4n) is 3.01. The van der Waals surface area contributed by atoms with Crippen LogP contribution in [0.4, 0.5) is 5.82 Å². The monoisotopic (exact) mass is 417 g/mol. The smallest absolute Gasteiger partial charge is 0.266 e. The van der Waals surface area contributed by atoms with Gasteiger partial charge in [0.05, 0.1) is 11.4 Å². The van der Waals surface area contributed by atoms with Crippen molar-refractivity contribution in [3.8, 4) is 22.7 Å². The van der Waals surface area contributed by atoms with E-state index in [1.165, 1.54) is 0 Å². The average Bonchev–Trinajstić information content (AvgIpc) is 3.19. The van der Waals surface area contributed by atoms with Gasteiger partial charge in [0.25, 0.3) is 5.91 Å². The number of amides is 1. The maximum absolute atomic E-state index is 12.8. The molecule has 0 radical (unpaired) electrons. The van der Waals surface area contributed by atoms with Crippen LogP contribution in [-0.4, -0.2) is 21.8 Å². The first-order valence-corrected chi connectivity index (χ1v) is 9.92. The van der Waals surface area contributed by atoms with Gasteiger partial charge in [-0.25, -0.2) is 4.68 Å². The third-order valence-corrected chi connectivity index (χ3v) is 4.74. The minimum Gasteiger partial charge on any atom is -0.481 e. The largest absolute Gasteiger partial charge is 0.481 e. The molecule has 4 aromatic rings. The fraction of sp³-hybridized carbons (Fsp3) is 0.0833. The second-order valence-corrected chi connectivity index (χ2v) is 7.17. The van der Waals surface area contributed by atoms with Crippen LogP contribution in [0, 0.1) is 0 Å². The van der Waals surface area contributed by atoms with Gasteiger partial charge in [-0.2, -0.15) is 5.10 Å². The van der Waals surface area contributed by atoms with E-state index in [1.807, 2.05) is 91.0 Å². The number of hydrogen-bond acceptors (Lipinski definition) is 3. The molecular formula is C24H20ClN3O2. The molecule has 0 unspecified atom stereocenters. The Balaban J connectivity index is 1.63. The molecule has 1 aromatic heterocycles. The molecule has 0 saturated carbocycles. The number of halogens is 1. The first kappa shape index (κ1) is 19.7. The Labute approximate surface area is 179 Å². The second-order valence-electron chi connectivity index (χ2n) is 6.73. The van der Waals surface area contributed by atoms with Crippen LogP contribution in [0.3, 0.4) is 0 Å². The van der Waals surface area contributed by atoms with Crippen molar-refractivity contribution in [1.29, 1.82) is 0 Å². The van der Waals surface area contributed by atoms with Gasteiger partial charge in [0.1, 0.15) is 11.6 Å². The number of nitrogens with zero attached hydrogens (tertiary/aromatic N) is 2. The van der Waals surface area contributed by atoms with Crippen LogP contribution in [0.15, 0.2) is 91.0 Å². The van der Waals surface area contributed by atoms with E-state index >= 15 is 0 Å². The van der Waals surface area contributed by atoms with E-state index < -0.39 is 6.10 Å². The molecule has 6 heteroatoms. The molecule has 150 valence electrons. The van der Waals surface area contributed by atoms with Gasteiger partial charge in [-0.05, 0) is 43.3 Å². The van der Waals surface area contributed by atoms with E-state index in [4.69, 9.17) is 21.4 Å². The second kappa shape index (κ2) is 8.84. The number of ether oxygens (including phenoxy) is 1. The Bertz CT molecular complexity index is 1140. The number of carbonyl (C=O) groups excluding carboxylic acids is 1. The standard InChI is InChI=1S/C24H20ClN3O2/c1-17(30-21-13-6-3-7-14-21)24(29)26-23-16-22(18-9-8-10-19(25)15-18)27-28(23)20-11-4-2-5-12-20/h2-17H,1H3,(H,26,29)/t17-/m1/s1. The molecule has 0 spiro atoms. The molecule has 30 heavy (non-hydrogen) atoms. The molecule has 1 heterocycles. The highest BCUT2D eigenvalue weighted by atomic mass is 35.5. The number of rotatable bonds is 6. The molecule has 0 fully saturated rings. The Morgan fingerprint density at radius 3 is 2.37 bits per heavy atom. The third-order valence-electron chi connectivity index (χ3n) is 4.51. The van der Waals surface area contributed by atoms with Crippen LogP contribution >= 0.6 is 11.6 Å². The minimum absolute atomic E-state index is 0.270. The van der Waals surface area contributed by atoms with Gasteiger partial charge in [-0.1, -0.05) is 60.1 Å². The lowest BCUT2D eigenvalue weighted by Gasteiger charge is -2.15. The molecule has 1 amide bonds. The van der Waals surface area contributed by atoms with E-state index in [0.717, 1.165) is 11.3 Å². The highest BCUT2D eigenvalue weighted by Gasteiger charge is 2.19. The summed E-state index contributed by atoms with van der Waals surface area (Å²) >= 11 is 6.14. The fourth-order valence-corrected chi connectivity index (χ4v) is 3.20. The highest BCUT2D eigenvalue weighted by molar-refractivity contribution is 6.30. The van der Waals surface area contributed by atoms with Crippen molar-refractivity contribution in [2.24, 2.45) is 0 Å². The van der Waals surface area contributed by atoms with Crippen molar-refractivity contribution in [3.63, 3.8) is 0 Å². The summed E-state index contributed by atoms with van der Waals surface area (Å²) in [6.07, 6.45) is -0.679. The lowest BCUT2D eigenvalue weighted by atomic mass is 10.1. The van der Waals surface area contributed by atoms with E-state index in [2.05, 4.69) is 5.32 Å². The molecule has 5 nitrogen and oxygen atoms in total. The molecule has 0 bridgehead atoms. The number of anilines is 1. The van der Waals surface area contributed by atoms with Gasteiger partial charge in [0.15, 0.2) is 6.10 Å². The predicted molar refractivity (Wildman–Crippen MR) is 119 cm³/mol. The van der Waals surface area contributed by atoms with Gasteiger partial charge in [-0.15, -0.1) is 0 Å². The van der Waals surface area contributed by atoms with Crippen LogP contribution in [0.2, 0.25) is 5.02 Å². The maximum Gasteiger partial charge on any atom is 0.266 e. The van der Waals surface area contributed by atoms with Gasteiger partial charge in [0.2, 0.25) is 0 Å². The molecule has 0 aliphatic heterocycles. The lowest BCUT2D eigenvalue weighted by molar-refractivity contribution is -0.122. The summed E-state index contributed by atoms with van der Waals surface area (Å²) in [5.74, 6) is 0.912. The summed E-state index contributed by atoms with van der Waals surface area (Å²) in [7, 11) is 0. The average molecular weight is 418 g/mol. The Morgan fingerprint density at radius 1 is 0.967 bits per heavy atom. The Kier molecular flexibility index (Phi) is 5.82. The van der Waals surface area contributed by atoms with Gasteiger partial charge in [-0.3, -0.25) is 4.79 Å². The van der Waals surface area contributed by atoms with Crippen molar-refractivity contribution in [1.82, 2.24) is 9.78 Å². The lowest BCUT2D eigenvalue weighted by Crippen LogP contribution is -2.30. The predicted octanol–water partition coefficient (Wildman–Crippen LogP) is 5.60. The summed E-state index contributed by atoms with van der Waals surface area (Å²) < 4.78 is 7.44. The Morgan fingerprint density at radius 2 is 1.67 bits per heavy atom. The van der Waals surface area contributed by atoms with Crippen molar-refractivity contribution in [2.45, 2.75) is 13.0 Å². The van der Waals surface area contributed by atoms with Gasteiger partial charge in [0, 0.05) is 16.7 Å². The quantitative estimate of drug-likeness (QED) is 0.444. The number of hydrogen-bond donors (Lipinski definition) is 1. The summed E-state index contributed by atoms with van der Waals surface area (Å²) in [4.78, 5) is 12.8. The molecular weight excluding hydrogens is 398 g/mol. The van der Waals surface area contributed by atoms with Gasteiger partial charge >= 0.3 is 0 Å². The van der Waals surface area contributed by atoms with E-state index in [1.54, 1.807) is 11.6 Å². The number of aromatic nitrogens is 2. The van der Waals surface area contributed by atoms with Crippen molar-refractivity contribution < 1.29 is 9.53 Å². The summed E-state index contributed by atoms with van der Waals surface area (Å²) in [5, 5.41) is 8.25. The molecule has 1 N–H and O–H groups in total. The zero-order chi connectivity index (χ0) is 20.9. The highest BCUT2D eigenvalue weighted by Crippen LogP contribution is 2.27. The van der Waals surface area contributed by atoms with Crippen LogP contribution < -0.4 is 10.1 Å². The van der Waals surface area contributed by atoms with Crippen molar-refractivity contribution in [3.05, 3.63) is 96.0 Å². The van der Waals surface area contributed by atoms with Crippen molar-refractivity contribution in [2.75, 3.05) is 5.32 Å². The third kappa shape index (κ3) is 4.53. The number of para-hydroxylation sites is 2. The SMILES string of the molecule is C[C@@H](Oc1ccccc1)C(=O)Nc1cc(-c2cccc(Cl)c2)nn1-c1ccccc1. The molecule has 1 atom stereocenters. The Hall–Kier alpha value is -3.57. The summed E-state index contributed by atoms with van der Waals surface area (Å²) in [6.45, 7) is 1.71. The van der Waals surface area contributed by atoms with Crippen LogP contribution in [-0.2, 0) is 4.79 Å². The summed E-state index contributed by atoms with van der Waals surface area (Å²) in [5.41, 5.74) is 2.40. The molecule has 0 aliphatic rings. The zero-order valence-corrected chi connectivity index (χ0v) is 17.1. The molecule has 4 rings (SSSR count). The van der Waals surface area contributed by atoms with E-state index in [9.17, 15) is 4.79 Å². The number of benzene rings is 3. The van der Waals surface area contributed by atoms with Crippen LogP contribution in [0.25, 0.3) is 16.9 Å². The molecule has 3 aromatic carbocycles. The first-order valence-electron chi connectivity index (χ1n) is 9.54. The molecule has 0 aliphatic carbocycles. The van der Waals surface area contributed by atoms with Crippen LogP contribution in [0.1, 0.15) is 6.92 Å². The summed E-state index contributed by atoms with van der Waals surface area (Å²) in [6, 6.07) is 28.1. The van der Waals surface area contributed by atoms with E-state index in [0.29, 0.717) is 22.3 Å². The normalized spacial score (nSPS) is 11.7. The number of carbonyl (C=O) groups is 1. The zero-order valence-electron chi connectivity index (χ0n) is 16.3. The maximum atomic E-state index is 12.8. The van der Waals surface area contributed by atoms with Crippen molar-refractivity contribution >= 4 is 23.3 Å². The molecule has 0 saturated heterocycles. The van der Waals surface area contributed by atoms with Crippen LogP contribution in [0.5, 0.6) is 5.75 Å². The first-order chi connectivity index (χ1) is 14.6. The minimum atomic E-state index is -0.679. The topological polar surface area (TPSA) is 56.1 Å².